The van der Waals surface area contributed by atoms with Crippen LogP contribution >= 0.6 is 15.9 Å². The maximum Gasteiger partial charge on any atom is 0.288 e. The standard InChI is InChI=1S/C22H15BrFN3O/c23-16-8-6-14(7-9-16)13-25-27-22(28)21-20(15-4-2-1-3-5-15)18-12-17(24)10-11-19(18)26-21/h1-13,26H,(H,27,28). The molecule has 0 radical (unpaired) electrons. The highest BCUT2D eigenvalue weighted by Crippen LogP contribution is 2.32. The van der Waals surface area contributed by atoms with Gasteiger partial charge in [0.1, 0.15) is 11.5 Å². The van der Waals surface area contributed by atoms with Gasteiger partial charge >= 0.3 is 0 Å². The Balaban J connectivity index is 1.69. The smallest absolute Gasteiger partial charge is 0.288 e. The van der Waals surface area contributed by atoms with Crippen LogP contribution in [0, 0.1) is 5.82 Å². The van der Waals surface area contributed by atoms with Gasteiger partial charge in [0.25, 0.3) is 5.91 Å². The number of hydrogen-bond acceptors (Lipinski definition) is 2. The quantitative estimate of drug-likeness (QED) is 0.322. The van der Waals surface area contributed by atoms with Crippen LogP contribution in [0.5, 0.6) is 0 Å². The SMILES string of the molecule is O=C(NN=Cc1ccc(Br)cc1)c1[nH]c2ccc(F)cc2c1-c1ccccc1. The van der Waals surface area contributed by atoms with E-state index < -0.39 is 5.91 Å². The summed E-state index contributed by atoms with van der Waals surface area (Å²) in [6, 6.07) is 21.4. The van der Waals surface area contributed by atoms with Crippen molar-refractivity contribution in [3.8, 4) is 11.1 Å². The van der Waals surface area contributed by atoms with Gasteiger partial charge in [-0.25, -0.2) is 9.82 Å². The van der Waals surface area contributed by atoms with E-state index in [0.717, 1.165) is 15.6 Å². The van der Waals surface area contributed by atoms with Crippen molar-refractivity contribution >= 4 is 39.0 Å². The lowest BCUT2D eigenvalue weighted by Gasteiger charge is -2.04. The average Bonchev–Trinajstić information content (AvgIpc) is 3.09. The van der Waals surface area contributed by atoms with Gasteiger partial charge in [0.15, 0.2) is 0 Å². The molecule has 0 saturated heterocycles. The van der Waals surface area contributed by atoms with Gasteiger partial charge in [0.05, 0.1) is 6.21 Å². The van der Waals surface area contributed by atoms with Gasteiger partial charge < -0.3 is 4.98 Å². The van der Waals surface area contributed by atoms with Gasteiger partial charge in [-0.2, -0.15) is 5.10 Å². The van der Waals surface area contributed by atoms with Gasteiger partial charge in [0, 0.05) is 20.9 Å². The van der Waals surface area contributed by atoms with Crippen LogP contribution in [0.2, 0.25) is 0 Å². The number of aromatic nitrogens is 1. The molecule has 0 atom stereocenters. The first-order valence-electron chi connectivity index (χ1n) is 8.57. The fraction of sp³-hybridized carbons (Fsp3) is 0. The van der Waals surface area contributed by atoms with Crippen LogP contribution in [-0.2, 0) is 0 Å². The predicted molar refractivity (Wildman–Crippen MR) is 113 cm³/mol. The number of fused-ring (bicyclic) bond motifs is 1. The number of carbonyl (C=O) groups is 1. The largest absolute Gasteiger partial charge is 0.350 e. The summed E-state index contributed by atoms with van der Waals surface area (Å²) in [5.41, 5.74) is 5.88. The predicted octanol–water partition coefficient (Wildman–Crippen LogP) is 5.50. The van der Waals surface area contributed by atoms with Gasteiger partial charge in [0.2, 0.25) is 0 Å². The number of H-pyrrole nitrogens is 1. The minimum absolute atomic E-state index is 0.333. The van der Waals surface area contributed by atoms with Crippen LogP contribution in [0.3, 0.4) is 0 Å². The Hall–Kier alpha value is -3.25. The molecule has 4 rings (SSSR count). The molecule has 0 aliphatic heterocycles. The summed E-state index contributed by atoms with van der Waals surface area (Å²) in [5.74, 6) is -0.757. The molecule has 2 N–H and O–H groups in total. The first kappa shape index (κ1) is 18.1. The molecule has 0 aliphatic rings. The Morgan fingerprint density at radius 3 is 2.54 bits per heavy atom. The maximum absolute atomic E-state index is 13.8. The molecule has 0 saturated carbocycles. The highest BCUT2D eigenvalue weighted by Gasteiger charge is 2.19. The summed E-state index contributed by atoms with van der Waals surface area (Å²) in [4.78, 5) is 15.9. The summed E-state index contributed by atoms with van der Waals surface area (Å²) in [6.07, 6.45) is 1.56. The first-order valence-corrected chi connectivity index (χ1v) is 9.37. The summed E-state index contributed by atoms with van der Waals surface area (Å²) in [6.45, 7) is 0. The molecule has 3 aromatic carbocycles. The molecule has 0 bridgehead atoms. The molecule has 1 amide bonds. The molecule has 0 spiro atoms. The number of rotatable bonds is 4. The Kier molecular flexibility index (Phi) is 5.04. The second-order valence-electron chi connectivity index (χ2n) is 6.18. The maximum atomic E-state index is 13.8. The Morgan fingerprint density at radius 2 is 1.79 bits per heavy atom. The van der Waals surface area contributed by atoms with Crippen molar-refractivity contribution in [2.24, 2.45) is 5.10 Å². The van der Waals surface area contributed by atoms with Crippen molar-refractivity contribution in [3.05, 3.63) is 94.3 Å². The zero-order valence-corrected chi connectivity index (χ0v) is 16.2. The zero-order valence-electron chi connectivity index (χ0n) is 14.6. The van der Waals surface area contributed by atoms with Crippen LogP contribution in [0.15, 0.2) is 82.4 Å². The number of amides is 1. The topological polar surface area (TPSA) is 57.2 Å². The lowest BCUT2D eigenvalue weighted by molar-refractivity contribution is 0.0951. The van der Waals surface area contributed by atoms with Crippen LogP contribution < -0.4 is 5.43 Å². The Labute approximate surface area is 169 Å². The normalized spacial score (nSPS) is 11.2. The van der Waals surface area contributed by atoms with E-state index in [1.165, 1.54) is 12.1 Å². The second kappa shape index (κ2) is 7.78. The number of hydrogen-bond donors (Lipinski definition) is 2. The third kappa shape index (κ3) is 3.73. The fourth-order valence-corrected chi connectivity index (χ4v) is 3.27. The zero-order chi connectivity index (χ0) is 19.5. The van der Waals surface area contributed by atoms with E-state index in [2.05, 4.69) is 31.4 Å². The molecule has 4 aromatic rings. The molecule has 1 aromatic heterocycles. The van der Waals surface area contributed by atoms with Gasteiger partial charge in [-0.15, -0.1) is 0 Å². The van der Waals surface area contributed by atoms with Crippen molar-refractivity contribution in [2.75, 3.05) is 0 Å². The van der Waals surface area contributed by atoms with Gasteiger partial charge in [-0.3, -0.25) is 4.79 Å². The number of hydrazone groups is 1. The van der Waals surface area contributed by atoms with Crippen molar-refractivity contribution in [2.45, 2.75) is 0 Å². The summed E-state index contributed by atoms with van der Waals surface area (Å²) >= 11 is 3.37. The molecule has 0 fully saturated rings. The van der Waals surface area contributed by atoms with Crippen LogP contribution in [0.25, 0.3) is 22.0 Å². The number of benzene rings is 3. The number of nitrogens with zero attached hydrogens (tertiary/aromatic N) is 1. The Bertz CT molecular complexity index is 1170. The second-order valence-corrected chi connectivity index (χ2v) is 7.10. The number of carbonyl (C=O) groups excluding carboxylic acids is 1. The minimum Gasteiger partial charge on any atom is -0.350 e. The highest BCUT2D eigenvalue weighted by molar-refractivity contribution is 9.10. The summed E-state index contributed by atoms with van der Waals surface area (Å²) in [5, 5.41) is 4.68. The molecule has 6 heteroatoms. The molecule has 1 heterocycles. The molecular weight excluding hydrogens is 421 g/mol. The van der Waals surface area contributed by atoms with Crippen LogP contribution in [0.1, 0.15) is 16.1 Å². The van der Waals surface area contributed by atoms with Gasteiger partial charge in [-0.05, 0) is 41.5 Å². The third-order valence-corrected chi connectivity index (χ3v) is 4.83. The number of halogens is 2. The van der Waals surface area contributed by atoms with Crippen molar-refractivity contribution < 1.29 is 9.18 Å². The van der Waals surface area contributed by atoms with Crippen molar-refractivity contribution in [1.82, 2.24) is 10.4 Å². The van der Waals surface area contributed by atoms with E-state index >= 15 is 0 Å². The third-order valence-electron chi connectivity index (χ3n) is 4.30. The summed E-state index contributed by atoms with van der Waals surface area (Å²) < 4.78 is 14.8. The van der Waals surface area contributed by atoms with E-state index in [9.17, 15) is 9.18 Å². The lowest BCUT2D eigenvalue weighted by atomic mass is 10.0. The fourth-order valence-electron chi connectivity index (χ4n) is 3.01. The van der Waals surface area contributed by atoms with Gasteiger partial charge in [-0.1, -0.05) is 58.4 Å². The highest BCUT2D eigenvalue weighted by atomic mass is 79.9. The van der Waals surface area contributed by atoms with Crippen LogP contribution in [0.4, 0.5) is 4.39 Å². The van der Waals surface area contributed by atoms with Crippen molar-refractivity contribution in [1.29, 1.82) is 0 Å². The molecule has 4 nitrogen and oxygen atoms in total. The molecule has 138 valence electrons. The molecular formula is C22H15BrFN3O. The molecule has 28 heavy (non-hydrogen) atoms. The Morgan fingerprint density at radius 1 is 1.04 bits per heavy atom. The van der Waals surface area contributed by atoms with Crippen molar-refractivity contribution in [3.63, 3.8) is 0 Å². The lowest BCUT2D eigenvalue weighted by Crippen LogP contribution is -2.18. The summed E-state index contributed by atoms with van der Waals surface area (Å²) in [7, 11) is 0. The van der Waals surface area contributed by atoms with E-state index in [1.807, 2.05) is 54.6 Å². The average molecular weight is 436 g/mol. The number of aromatic amines is 1. The molecule has 0 unspecified atom stereocenters. The van der Waals surface area contributed by atoms with Crippen LogP contribution in [-0.4, -0.2) is 17.1 Å². The van der Waals surface area contributed by atoms with E-state index in [4.69, 9.17) is 0 Å². The monoisotopic (exact) mass is 435 g/mol. The molecule has 0 aliphatic carbocycles. The first-order chi connectivity index (χ1) is 13.6. The minimum atomic E-state index is -0.399. The van der Waals surface area contributed by atoms with E-state index in [1.54, 1.807) is 12.3 Å². The number of nitrogens with one attached hydrogen (secondary N) is 2. The van der Waals surface area contributed by atoms with E-state index in [0.29, 0.717) is 22.2 Å². The van der Waals surface area contributed by atoms with E-state index in [-0.39, 0.29) is 5.82 Å².